The van der Waals surface area contributed by atoms with E-state index in [1.165, 1.54) is 0 Å². The van der Waals surface area contributed by atoms with Crippen molar-refractivity contribution in [3.8, 4) is 5.69 Å². The third-order valence-electron chi connectivity index (χ3n) is 2.74. The van der Waals surface area contributed by atoms with Crippen molar-refractivity contribution >= 4 is 11.6 Å². The number of benzene rings is 1. The molecule has 0 bridgehead atoms. The van der Waals surface area contributed by atoms with Gasteiger partial charge >= 0.3 is 5.69 Å². The summed E-state index contributed by atoms with van der Waals surface area (Å²) in [4.78, 5) is 25.5. The lowest BCUT2D eigenvalue weighted by Crippen LogP contribution is -2.35. The van der Waals surface area contributed by atoms with Gasteiger partial charge in [0.25, 0.3) is 5.56 Å². The van der Waals surface area contributed by atoms with Crippen molar-refractivity contribution in [3.05, 3.63) is 61.6 Å². The number of nitrogens with zero attached hydrogens (tertiary/aromatic N) is 1. The minimum Gasteiger partial charge on any atom is -0.295 e. The highest BCUT2D eigenvalue weighted by Crippen LogP contribution is 2.09. The number of aromatic amines is 1. The number of nitrogens with one attached hydrogen (secondary N) is 1. The van der Waals surface area contributed by atoms with Crippen LogP contribution in [0.1, 0.15) is 18.9 Å². The fourth-order valence-electron chi connectivity index (χ4n) is 1.82. The molecular weight excluding hydrogens is 271 g/mol. The molecule has 0 aliphatic rings. The van der Waals surface area contributed by atoms with E-state index in [4.69, 9.17) is 11.6 Å². The van der Waals surface area contributed by atoms with Crippen molar-refractivity contribution in [2.75, 3.05) is 0 Å². The molecule has 6 heteroatoms. The van der Waals surface area contributed by atoms with Crippen LogP contribution in [-0.4, -0.2) is 9.55 Å². The molecule has 0 saturated heterocycles. The van der Waals surface area contributed by atoms with E-state index in [2.05, 4.69) is 11.9 Å². The molecule has 4 nitrogen and oxygen atoms in total. The third-order valence-corrected chi connectivity index (χ3v) is 3.00. The summed E-state index contributed by atoms with van der Waals surface area (Å²) in [6, 6.07) is 6.82. The minimum absolute atomic E-state index is 0.307. The Morgan fingerprint density at radius 1 is 1.26 bits per heavy atom. The van der Waals surface area contributed by atoms with Gasteiger partial charge in [-0.1, -0.05) is 37.1 Å². The number of aryl methyl sites for hydroxylation is 1. The van der Waals surface area contributed by atoms with Crippen molar-refractivity contribution < 1.29 is 4.39 Å². The maximum absolute atomic E-state index is 13.4. The lowest BCUT2D eigenvalue weighted by Gasteiger charge is -2.06. The molecule has 0 fully saturated rings. The van der Waals surface area contributed by atoms with Gasteiger partial charge in [-0.3, -0.25) is 9.78 Å². The molecular formula is C13H12ClFN2O2. The van der Waals surface area contributed by atoms with E-state index in [1.807, 2.05) is 0 Å². The fourth-order valence-corrected chi connectivity index (χ4v) is 1.99. The van der Waals surface area contributed by atoms with Crippen molar-refractivity contribution in [1.29, 1.82) is 0 Å². The summed E-state index contributed by atoms with van der Waals surface area (Å²) in [5, 5.41) is -0.575. The Bertz CT molecular complexity index is 704. The Kier molecular flexibility index (Phi) is 3.85. The average Bonchev–Trinajstić information content (AvgIpc) is 2.38. The summed E-state index contributed by atoms with van der Waals surface area (Å²) in [7, 11) is 0. The highest BCUT2D eigenvalue weighted by Gasteiger charge is 2.13. The molecule has 1 aromatic carbocycles. The van der Waals surface area contributed by atoms with Crippen molar-refractivity contribution in [3.63, 3.8) is 0 Å². The predicted octanol–water partition coefficient (Wildman–Crippen LogP) is 2.27. The van der Waals surface area contributed by atoms with E-state index in [0.29, 0.717) is 5.69 Å². The van der Waals surface area contributed by atoms with Crippen LogP contribution in [-0.2, 0) is 6.42 Å². The Balaban J connectivity index is 2.56. The quantitative estimate of drug-likeness (QED) is 0.878. The summed E-state index contributed by atoms with van der Waals surface area (Å²) < 4.78 is 14.1. The van der Waals surface area contributed by atoms with Crippen molar-refractivity contribution in [1.82, 2.24) is 9.55 Å². The zero-order valence-corrected chi connectivity index (χ0v) is 11.0. The first-order valence-electron chi connectivity index (χ1n) is 5.84. The van der Waals surface area contributed by atoms with Gasteiger partial charge in [-0.15, -0.1) is 0 Å². The highest BCUT2D eigenvalue weighted by atomic mass is 35.5. The topological polar surface area (TPSA) is 54.9 Å². The fraction of sp³-hybridized carbons (Fsp3) is 0.231. The number of hydrogen-bond donors (Lipinski definition) is 1. The largest absolute Gasteiger partial charge is 0.334 e. The molecule has 0 spiro atoms. The molecule has 1 heterocycles. The molecule has 2 rings (SSSR count). The molecule has 0 unspecified atom stereocenters. The SMILES string of the molecule is CCCc1ccc(-n2c(=O)[nH]c(Cl)c(F)c2=O)cc1. The molecule has 1 N–H and O–H groups in total. The summed E-state index contributed by atoms with van der Waals surface area (Å²) >= 11 is 5.40. The van der Waals surface area contributed by atoms with Crippen LogP contribution in [0.4, 0.5) is 4.39 Å². The summed E-state index contributed by atoms with van der Waals surface area (Å²) in [5.41, 5.74) is -0.427. The second-order valence-electron chi connectivity index (χ2n) is 4.12. The zero-order chi connectivity index (χ0) is 14.0. The van der Waals surface area contributed by atoms with Gasteiger partial charge in [-0.25, -0.2) is 9.36 Å². The van der Waals surface area contributed by atoms with E-state index in [-0.39, 0.29) is 0 Å². The van der Waals surface area contributed by atoms with Crippen LogP contribution in [0.15, 0.2) is 33.9 Å². The van der Waals surface area contributed by atoms with Gasteiger partial charge in [0.2, 0.25) is 5.82 Å². The summed E-state index contributed by atoms with van der Waals surface area (Å²) in [5.74, 6) is -1.17. The first-order valence-corrected chi connectivity index (χ1v) is 6.22. The van der Waals surface area contributed by atoms with Crippen LogP contribution < -0.4 is 11.2 Å². The maximum Gasteiger partial charge on any atom is 0.334 e. The Labute approximate surface area is 113 Å². The van der Waals surface area contributed by atoms with E-state index in [0.717, 1.165) is 23.0 Å². The van der Waals surface area contributed by atoms with Crippen molar-refractivity contribution in [2.45, 2.75) is 19.8 Å². The third kappa shape index (κ3) is 2.61. The molecule has 0 atom stereocenters. The van der Waals surface area contributed by atoms with E-state index >= 15 is 0 Å². The van der Waals surface area contributed by atoms with Crippen LogP contribution in [0.3, 0.4) is 0 Å². The van der Waals surface area contributed by atoms with Gasteiger partial charge in [-0.2, -0.15) is 4.39 Å². The van der Waals surface area contributed by atoms with Gasteiger partial charge in [-0.05, 0) is 24.1 Å². The molecule has 0 amide bonds. The number of hydrogen-bond acceptors (Lipinski definition) is 2. The minimum atomic E-state index is -1.17. The second-order valence-corrected chi connectivity index (χ2v) is 4.49. The van der Waals surface area contributed by atoms with Gasteiger partial charge in [0.05, 0.1) is 5.69 Å². The second kappa shape index (κ2) is 5.40. The number of halogens is 2. The Hall–Kier alpha value is -1.88. The smallest absolute Gasteiger partial charge is 0.295 e. The maximum atomic E-state index is 13.4. The molecule has 1 aromatic heterocycles. The first kappa shape index (κ1) is 13.5. The van der Waals surface area contributed by atoms with Crippen LogP contribution in [0, 0.1) is 5.82 Å². The highest BCUT2D eigenvalue weighted by molar-refractivity contribution is 6.29. The number of aromatic nitrogens is 2. The van der Waals surface area contributed by atoms with Crippen LogP contribution in [0.25, 0.3) is 5.69 Å². The van der Waals surface area contributed by atoms with E-state index < -0.39 is 22.2 Å². The standard InChI is InChI=1S/C13H12ClFN2O2/c1-2-3-8-4-6-9(7-5-8)17-12(18)10(15)11(14)16-13(17)19/h4-7H,2-3H2,1H3,(H,16,19). The monoisotopic (exact) mass is 282 g/mol. The lowest BCUT2D eigenvalue weighted by molar-refractivity contribution is 0.584. The van der Waals surface area contributed by atoms with Gasteiger partial charge < -0.3 is 0 Å². The van der Waals surface area contributed by atoms with Crippen molar-refractivity contribution in [2.24, 2.45) is 0 Å². The molecule has 100 valence electrons. The molecule has 19 heavy (non-hydrogen) atoms. The normalized spacial score (nSPS) is 10.7. The van der Waals surface area contributed by atoms with Gasteiger partial charge in [0, 0.05) is 0 Å². The lowest BCUT2D eigenvalue weighted by atomic mass is 10.1. The molecule has 0 aliphatic heterocycles. The van der Waals surface area contributed by atoms with Crippen LogP contribution in [0.5, 0.6) is 0 Å². The summed E-state index contributed by atoms with van der Waals surface area (Å²) in [6.45, 7) is 2.05. The molecule has 0 saturated carbocycles. The molecule has 0 aliphatic carbocycles. The van der Waals surface area contributed by atoms with Crippen LogP contribution in [0.2, 0.25) is 5.15 Å². The molecule has 0 radical (unpaired) electrons. The number of rotatable bonds is 3. The average molecular weight is 283 g/mol. The van der Waals surface area contributed by atoms with Gasteiger partial charge in [0.1, 0.15) is 0 Å². The Morgan fingerprint density at radius 2 is 1.89 bits per heavy atom. The molecule has 2 aromatic rings. The van der Waals surface area contributed by atoms with E-state index in [1.54, 1.807) is 24.3 Å². The van der Waals surface area contributed by atoms with Gasteiger partial charge in [0.15, 0.2) is 5.15 Å². The number of H-pyrrole nitrogens is 1. The van der Waals surface area contributed by atoms with Crippen LogP contribution >= 0.6 is 11.6 Å². The Morgan fingerprint density at radius 3 is 2.47 bits per heavy atom. The van der Waals surface area contributed by atoms with E-state index in [9.17, 15) is 14.0 Å². The zero-order valence-electron chi connectivity index (χ0n) is 10.2. The predicted molar refractivity (Wildman–Crippen MR) is 71.6 cm³/mol. The first-order chi connectivity index (χ1) is 9.04. The summed E-state index contributed by atoms with van der Waals surface area (Å²) in [6.07, 6.45) is 1.90.